The summed E-state index contributed by atoms with van der Waals surface area (Å²) in [4.78, 5) is 9.41. The highest BCUT2D eigenvalue weighted by Gasteiger charge is 2.16. The molecule has 2 nitrogen and oxygen atoms in total. The molecule has 178 valence electrons. The first-order valence-electron chi connectivity index (χ1n) is 12.8. The molecule has 0 spiro atoms. The van der Waals surface area contributed by atoms with Crippen molar-refractivity contribution >= 4 is 64.1 Å². The number of aryl methyl sites for hydroxylation is 1. The zero-order chi connectivity index (χ0) is 25.2. The van der Waals surface area contributed by atoms with Crippen molar-refractivity contribution in [3.63, 3.8) is 0 Å². The molecule has 0 atom stereocenters. The third-order valence-electron chi connectivity index (χ3n) is 7.69. The van der Waals surface area contributed by atoms with Crippen LogP contribution in [0.5, 0.6) is 0 Å². The standard InChI is InChI=1S/C35H22N2S/c1-21-8-6-13-29-30-15-7-14-28(35(30)38-34(21)29)24-10-3-2-9-23(24)22-16-17-27-31(20-22)25-11-4-5-12-26(25)32-33(27)37-19-18-36-32/h2-20H,1H3. The lowest BCUT2D eigenvalue weighted by Crippen LogP contribution is -1.90. The van der Waals surface area contributed by atoms with Crippen molar-refractivity contribution in [2.45, 2.75) is 6.92 Å². The lowest BCUT2D eigenvalue weighted by atomic mass is 9.91. The predicted molar refractivity (Wildman–Crippen MR) is 163 cm³/mol. The molecule has 0 aliphatic rings. The first kappa shape index (κ1) is 21.5. The highest BCUT2D eigenvalue weighted by Crippen LogP contribution is 2.44. The minimum absolute atomic E-state index is 0.950. The molecule has 6 aromatic carbocycles. The molecular weight excluding hydrogens is 480 g/mol. The fourth-order valence-electron chi connectivity index (χ4n) is 5.94. The molecule has 0 aliphatic carbocycles. The Bertz CT molecular complexity index is 2170. The topological polar surface area (TPSA) is 25.8 Å². The molecule has 8 rings (SSSR count). The Kier molecular flexibility index (Phi) is 4.64. The molecule has 0 saturated carbocycles. The van der Waals surface area contributed by atoms with Crippen LogP contribution in [-0.4, -0.2) is 9.97 Å². The molecule has 0 saturated heterocycles. The third kappa shape index (κ3) is 3.06. The van der Waals surface area contributed by atoms with E-state index in [0.29, 0.717) is 0 Å². The van der Waals surface area contributed by atoms with Crippen molar-refractivity contribution in [2.24, 2.45) is 0 Å². The van der Waals surface area contributed by atoms with Crippen LogP contribution in [0.15, 0.2) is 116 Å². The van der Waals surface area contributed by atoms with Crippen molar-refractivity contribution in [1.29, 1.82) is 0 Å². The van der Waals surface area contributed by atoms with Crippen molar-refractivity contribution in [3.8, 4) is 22.3 Å². The van der Waals surface area contributed by atoms with E-state index in [9.17, 15) is 0 Å². The van der Waals surface area contributed by atoms with Gasteiger partial charge < -0.3 is 0 Å². The predicted octanol–water partition coefficient (Wildman–Crippen LogP) is 9.95. The van der Waals surface area contributed by atoms with E-state index in [2.05, 4.69) is 115 Å². The van der Waals surface area contributed by atoms with E-state index in [-0.39, 0.29) is 0 Å². The first-order valence-corrected chi connectivity index (χ1v) is 13.7. The van der Waals surface area contributed by atoms with Crippen LogP contribution in [0.2, 0.25) is 0 Å². The normalized spacial score (nSPS) is 11.8. The largest absolute Gasteiger partial charge is 0.252 e. The molecule has 2 heterocycles. The summed E-state index contributed by atoms with van der Waals surface area (Å²) in [5, 5.41) is 7.35. The highest BCUT2D eigenvalue weighted by atomic mass is 32.1. The molecule has 8 aromatic rings. The van der Waals surface area contributed by atoms with Crippen molar-refractivity contribution in [1.82, 2.24) is 9.97 Å². The van der Waals surface area contributed by atoms with Crippen LogP contribution in [0.25, 0.3) is 75.0 Å². The Labute approximate surface area is 223 Å². The van der Waals surface area contributed by atoms with Gasteiger partial charge in [-0.15, -0.1) is 11.3 Å². The average molecular weight is 503 g/mol. The average Bonchev–Trinajstić information content (AvgIpc) is 3.37. The molecule has 0 aliphatic heterocycles. The zero-order valence-electron chi connectivity index (χ0n) is 20.8. The van der Waals surface area contributed by atoms with E-state index in [1.807, 2.05) is 11.3 Å². The maximum Gasteiger partial charge on any atom is 0.0971 e. The lowest BCUT2D eigenvalue weighted by Gasteiger charge is -2.14. The molecule has 38 heavy (non-hydrogen) atoms. The molecule has 0 fully saturated rings. The first-order chi connectivity index (χ1) is 18.8. The van der Waals surface area contributed by atoms with Gasteiger partial charge in [-0.3, -0.25) is 9.97 Å². The summed E-state index contributed by atoms with van der Waals surface area (Å²) < 4.78 is 2.72. The Hall–Kier alpha value is -4.60. The van der Waals surface area contributed by atoms with Gasteiger partial charge in [0.1, 0.15) is 0 Å². The minimum atomic E-state index is 0.950. The third-order valence-corrected chi connectivity index (χ3v) is 9.08. The maximum atomic E-state index is 4.73. The summed E-state index contributed by atoms with van der Waals surface area (Å²) in [6.07, 6.45) is 3.56. The number of hydrogen-bond donors (Lipinski definition) is 0. The van der Waals surface area contributed by atoms with E-state index in [1.54, 1.807) is 12.4 Å². The van der Waals surface area contributed by atoms with Gasteiger partial charge in [-0.05, 0) is 46.0 Å². The van der Waals surface area contributed by atoms with E-state index in [4.69, 9.17) is 4.98 Å². The molecule has 0 unspecified atom stereocenters. The van der Waals surface area contributed by atoms with Crippen LogP contribution < -0.4 is 0 Å². The molecule has 3 heteroatoms. The van der Waals surface area contributed by atoms with Crippen LogP contribution >= 0.6 is 11.3 Å². The summed E-state index contributed by atoms with van der Waals surface area (Å²) in [7, 11) is 0. The van der Waals surface area contributed by atoms with Gasteiger partial charge >= 0.3 is 0 Å². The van der Waals surface area contributed by atoms with Crippen molar-refractivity contribution in [3.05, 3.63) is 121 Å². The fraction of sp³-hybridized carbons (Fsp3) is 0.0286. The van der Waals surface area contributed by atoms with Crippen LogP contribution in [0.1, 0.15) is 5.56 Å². The lowest BCUT2D eigenvalue weighted by molar-refractivity contribution is 1.31. The highest BCUT2D eigenvalue weighted by molar-refractivity contribution is 7.26. The summed E-state index contributed by atoms with van der Waals surface area (Å²) in [5.41, 5.74) is 8.22. The Morgan fingerprint density at radius 1 is 0.474 bits per heavy atom. The van der Waals surface area contributed by atoms with E-state index in [0.717, 1.165) is 21.8 Å². The molecule has 2 aromatic heterocycles. The summed E-state index contributed by atoms with van der Waals surface area (Å²) in [6.45, 7) is 2.21. The van der Waals surface area contributed by atoms with E-state index in [1.165, 1.54) is 58.8 Å². The minimum Gasteiger partial charge on any atom is -0.252 e. The number of hydrogen-bond acceptors (Lipinski definition) is 3. The molecular formula is C35H22N2S. The summed E-state index contributed by atoms with van der Waals surface area (Å²) >= 11 is 1.90. The van der Waals surface area contributed by atoms with Crippen molar-refractivity contribution in [2.75, 3.05) is 0 Å². The number of benzene rings is 6. The second-order valence-electron chi connectivity index (χ2n) is 9.84. The SMILES string of the molecule is Cc1cccc2c1sc1c(-c3ccccc3-c3ccc4c(c3)c3ccccc3c3nccnc43)cccc12. The molecule has 0 radical (unpaired) electrons. The number of nitrogens with zero attached hydrogens (tertiary/aromatic N) is 2. The maximum absolute atomic E-state index is 4.73. The van der Waals surface area contributed by atoms with Crippen LogP contribution in [0, 0.1) is 6.92 Å². The van der Waals surface area contributed by atoms with Gasteiger partial charge in [0, 0.05) is 48.9 Å². The second kappa shape index (κ2) is 8.20. The molecule has 0 bridgehead atoms. The van der Waals surface area contributed by atoms with E-state index < -0.39 is 0 Å². The molecule has 0 amide bonds. The Balaban J connectivity index is 1.42. The smallest absolute Gasteiger partial charge is 0.0971 e. The summed E-state index contributed by atoms with van der Waals surface area (Å²) in [5.74, 6) is 0. The van der Waals surface area contributed by atoms with Gasteiger partial charge in [0.15, 0.2) is 0 Å². The van der Waals surface area contributed by atoms with Gasteiger partial charge in [-0.1, -0.05) is 97.1 Å². The van der Waals surface area contributed by atoms with Crippen LogP contribution in [-0.2, 0) is 0 Å². The second-order valence-corrected chi connectivity index (χ2v) is 10.9. The van der Waals surface area contributed by atoms with Crippen LogP contribution in [0.3, 0.4) is 0 Å². The number of aromatic nitrogens is 2. The van der Waals surface area contributed by atoms with Gasteiger partial charge in [-0.25, -0.2) is 0 Å². The quantitative estimate of drug-likeness (QED) is 0.220. The van der Waals surface area contributed by atoms with Gasteiger partial charge in [0.25, 0.3) is 0 Å². The monoisotopic (exact) mass is 502 g/mol. The molecule has 0 N–H and O–H groups in total. The number of rotatable bonds is 2. The zero-order valence-corrected chi connectivity index (χ0v) is 21.6. The van der Waals surface area contributed by atoms with Gasteiger partial charge in [0.05, 0.1) is 11.0 Å². The Morgan fingerprint density at radius 2 is 1.08 bits per heavy atom. The number of thiophene rings is 1. The van der Waals surface area contributed by atoms with Crippen LogP contribution in [0.4, 0.5) is 0 Å². The van der Waals surface area contributed by atoms with Gasteiger partial charge in [0.2, 0.25) is 0 Å². The van der Waals surface area contributed by atoms with Gasteiger partial charge in [-0.2, -0.15) is 0 Å². The Morgan fingerprint density at radius 3 is 1.89 bits per heavy atom. The van der Waals surface area contributed by atoms with E-state index >= 15 is 0 Å². The van der Waals surface area contributed by atoms with Crippen molar-refractivity contribution < 1.29 is 0 Å². The fourth-order valence-corrected chi connectivity index (χ4v) is 7.24. The number of fused-ring (bicyclic) bond motifs is 9. The summed E-state index contributed by atoms with van der Waals surface area (Å²) in [6, 6.07) is 37.5.